The number of ether oxygens (including phenoxy) is 1. The fraction of sp³-hybridized carbons (Fsp3) is 0.150. The van der Waals surface area contributed by atoms with Gasteiger partial charge in [-0.2, -0.15) is 9.36 Å². The number of hydrogen-bond acceptors (Lipinski definition) is 7. The molecule has 0 atom stereocenters. The molecule has 0 unspecified atom stereocenters. The van der Waals surface area contributed by atoms with Gasteiger partial charge in [-0.15, -0.1) is 5.10 Å². The number of nitrogens with zero attached hydrogens (tertiary/aromatic N) is 5. The van der Waals surface area contributed by atoms with Crippen LogP contribution in [0.1, 0.15) is 23.0 Å². The van der Waals surface area contributed by atoms with Gasteiger partial charge in [0.05, 0.1) is 12.3 Å². The van der Waals surface area contributed by atoms with Crippen LogP contribution >= 0.6 is 27.5 Å². The molecule has 10 heteroatoms. The van der Waals surface area contributed by atoms with Crippen LogP contribution in [0, 0.1) is 6.92 Å². The van der Waals surface area contributed by atoms with Gasteiger partial charge >= 0.3 is 0 Å². The fourth-order valence-corrected chi connectivity index (χ4v) is 3.65. The van der Waals surface area contributed by atoms with Gasteiger partial charge in [0.1, 0.15) is 11.4 Å². The van der Waals surface area contributed by atoms with Crippen LogP contribution < -0.4 is 10.1 Å². The number of aromatic nitrogens is 5. The predicted molar refractivity (Wildman–Crippen MR) is 118 cm³/mol. The first kappa shape index (κ1) is 20.2. The summed E-state index contributed by atoms with van der Waals surface area (Å²) < 4.78 is 12.6. The summed E-state index contributed by atoms with van der Waals surface area (Å²) in [5, 5.41) is 11.7. The SMILES string of the molecule is CCOc1ccccc1-n1nnc(-c2nsc(NC(=O)c3ccc(Br)cc3)n2)c1C. The number of benzene rings is 2. The second-order valence-electron chi connectivity index (χ2n) is 6.22. The lowest BCUT2D eigenvalue weighted by Crippen LogP contribution is -2.11. The minimum atomic E-state index is -0.254. The Hall–Kier alpha value is -3.11. The number of para-hydroxylation sites is 2. The zero-order valence-corrected chi connectivity index (χ0v) is 18.6. The van der Waals surface area contributed by atoms with E-state index in [1.165, 1.54) is 0 Å². The van der Waals surface area contributed by atoms with Gasteiger partial charge in [-0.25, -0.2) is 4.68 Å². The minimum Gasteiger partial charge on any atom is -0.492 e. The van der Waals surface area contributed by atoms with E-state index in [0.717, 1.165) is 27.4 Å². The van der Waals surface area contributed by atoms with Crippen LogP contribution in [-0.4, -0.2) is 36.9 Å². The van der Waals surface area contributed by atoms with Gasteiger partial charge in [0, 0.05) is 21.6 Å². The highest BCUT2D eigenvalue weighted by molar-refractivity contribution is 9.10. The topological polar surface area (TPSA) is 94.8 Å². The van der Waals surface area contributed by atoms with Crippen molar-refractivity contribution >= 4 is 38.5 Å². The Kier molecular flexibility index (Phi) is 5.86. The molecular formula is C20H17BrN6O2S. The first-order valence-electron chi connectivity index (χ1n) is 9.12. The van der Waals surface area contributed by atoms with Gasteiger partial charge < -0.3 is 4.74 Å². The van der Waals surface area contributed by atoms with E-state index < -0.39 is 0 Å². The first-order valence-corrected chi connectivity index (χ1v) is 10.7. The molecule has 0 bridgehead atoms. The summed E-state index contributed by atoms with van der Waals surface area (Å²) in [6, 6.07) is 14.7. The largest absolute Gasteiger partial charge is 0.492 e. The highest BCUT2D eigenvalue weighted by Gasteiger charge is 2.19. The molecule has 0 aliphatic heterocycles. The lowest BCUT2D eigenvalue weighted by molar-refractivity contribution is 0.102. The van der Waals surface area contributed by atoms with Crippen molar-refractivity contribution in [2.45, 2.75) is 13.8 Å². The van der Waals surface area contributed by atoms with E-state index in [-0.39, 0.29) is 5.91 Å². The molecule has 0 fully saturated rings. The van der Waals surface area contributed by atoms with E-state index >= 15 is 0 Å². The van der Waals surface area contributed by atoms with Crippen molar-refractivity contribution in [2.24, 2.45) is 0 Å². The summed E-state index contributed by atoms with van der Waals surface area (Å²) in [5.74, 6) is 0.869. The maximum absolute atomic E-state index is 12.4. The predicted octanol–water partition coefficient (Wildman–Crippen LogP) is 4.51. The molecule has 4 aromatic rings. The van der Waals surface area contributed by atoms with Crippen molar-refractivity contribution in [2.75, 3.05) is 11.9 Å². The molecule has 0 spiro atoms. The summed E-state index contributed by atoms with van der Waals surface area (Å²) >= 11 is 4.45. The molecule has 8 nitrogen and oxygen atoms in total. The quantitative estimate of drug-likeness (QED) is 0.432. The Morgan fingerprint density at radius 3 is 2.73 bits per heavy atom. The lowest BCUT2D eigenvalue weighted by Gasteiger charge is -2.10. The monoisotopic (exact) mass is 484 g/mol. The van der Waals surface area contributed by atoms with Crippen LogP contribution in [0.2, 0.25) is 0 Å². The summed E-state index contributed by atoms with van der Waals surface area (Å²) in [7, 11) is 0. The third-order valence-electron chi connectivity index (χ3n) is 4.25. The fourth-order valence-electron chi connectivity index (χ4n) is 2.82. The molecule has 0 aliphatic carbocycles. The van der Waals surface area contributed by atoms with Crippen molar-refractivity contribution in [3.8, 4) is 23.0 Å². The number of amides is 1. The lowest BCUT2D eigenvalue weighted by atomic mass is 10.2. The zero-order valence-electron chi connectivity index (χ0n) is 16.2. The Balaban J connectivity index is 1.57. The normalized spacial score (nSPS) is 10.8. The second kappa shape index (κ2) is 8.72. The minimum absolute atomic E-state index is 0.254. The third kappa shape index (κ3) is 4.10. The molecule has 2 aromatic heterocycles. The van der Waals surface area contributed by atoms with Crippen molar-refractivity contribution in [1.29, 1.82) is 0 Å². The van der Waals surface area contributed by atoms with Gasteiger partial charge in [0.25, 0.3) is 5.91 Å². The van der Waals surface area contributed by atoms with Gasteiger partial charge in [-0.1, -0.05) is 33.3 Å². The van der Waals surface area contributed by atoms with Gasteiger partial charge in [-0.3, -0.25) is 10.1 Å². The number of nitrogens with one attached hydrogen (secondary N) is 1. The first-order chi connectivity index (χ1) is 14.6. The molecule has 0 saturated heterocycles. The highest BCUT2D eigenvalue weighted by Crippen LogP contribution is 2.27. The molecule has 1 amide bonds. The Morgan fingerprint density at radius 2 is 1.97 bits per heavy atom. The molecule has 2 aromatic carbocycles. The number of carbonyl (C=O) groups excluding carboxylic acids is 1. The van der Waals surface area contributed by atoms with E-state index in [1.807, 2.05) is 50.2 Å². The van der Waals surface area contributed by atoms with Gasteiger partial charge in [0.15, 0.2) is 11.5 Å². The summed E-state index contributed by atoms with van der Waals surface area (Å²) in [6.07, 6.45) is 0. The molecule has 2 heterocycles. The average Bonchev–Trinajstić information content (AvgIpc) is 3.35. The van der Waals surface area contributed by atoms with Crippen molar-refractivity contribution < 1.29 is 9.53 Å². The highest BCUT2D eigenvalue weighted by atomic mass is 79.9. The van der Waals surface area contributed by atoms with Crippen LogP contribution in [0.5, 0.6) is 5.75 Å². The molecule has 0 radical (unpaired) electrons. The smallest absolute Gasteiger partial charge is 0.257 e. The van der Waals surface area contributed by atoms with Crippen molar-refractivity contribution in [3.05, 3.63) is 64.3 Å². The van der Waals surface area contributed by atoms with Crippen LogP contribution in [0.4, 0.5) is 5.13 Å². The number of anilines is 1. The molecule has 4 rings (SSSR count). The summed E-state index contributed by atoms with van der Waals surface area (Å²) in [4.78, 5) is 16.8. The maximum Gasteiger partial charge on any atom is 0.257 e. The number of hydrogen-bond donors (Lipinski definition) is 1. The molecule has 0 saturated carbocycles. The van der Waals surface area contributed by atoms with Crippen LogP contribution in [0.25, 0.3) is 17.2 Å². The summed E-state index contributed by atoms with van der Waals surface area (Å²) in [6.45, 7) is 4.37. The molecular weight excluding hydrogens is 468 g/mol. The molecule has 1 N–H and O–H groups in total. The molecule has 0 aliphatic rings. The number of rotatable bonds is 6. The van der Waals surface area contributed by atoms with Gasteiger partial charge in [0.2, 0.25) is 5.13 Å². The van der Waals surface area contributed by atoms with E-state index in [0.29, 0.717) is 34.6 Å². The molecule has 152 valence electrons. The summed E-state index contributed by atoms with van der Waals surface area (Å²) in [5.41, 5.74) is 2.63. The van der Waals surface area contributed by atoms with Crippen molar-refractivity contribution in [3.63, 3.8) is 0 Å². The Labute approximate surface area is 185 Å². The van der Waals surface area contributed by atoms with Crippen LogP contribution in [0.3, 0.4) is 0 Å². The van der Waals surface area contributed by atoms with E-state index in [2.05, 4.69) is 40.9 Å². The zero-order chi connectivity index (χ0) is 21.1. The van der Waals surface area contributed by atoms with E-state index in [1.54, 1.807) is 16.8 Å². The Bertz CT molecular complexity index is 1190. The van der Waals surface area contributed by atoms with Gasteiger partial charge in [-0.05, 0) is 50.2 Å². The number of carbonyl (C=O) groups is 1. The standard InChI is InChI=1S/C20H17BrN6O2S/c1-3-29-16-7-5-4-6-15(16)27-12(2)17(24-26-27)18-22-20(30-25-18)23-19(28)13-8-10-14(21)11-9-13/h4-11H,3H2,1-2H3,(H,22,23,25,28). The molecule has 30 heavy (non-hydrogen) atoms. The Morgan fingerprint density at radius 1 is 1.20 bits per heavy atom. The maximum atomic E-state index is 12.4. The van der Waals surface area contributed by atoms with E-state index in [4.69, 9.17) is 4.74 Å². The van der Waals surface area contributed by atoms with Crippen LogP contribution in [-0.2, 0) is 0 Å². The third-order valence-corrected chi connectivity index (χ3v) is 5.41. The average molecular weight is 485 g/mol. The van der Waals surface area contributed by atoms with Crippen LogP contribution in [0.15, 0.2) is 53.0 Å². The van der Waals surface area contributed by atoms with E-state index in [9.17, 15) is 4.79 Å². The second-order valence-corrected chi connectivity index (χ2v) is 7.89. The van der Waals surface area contributed by atoms with Crippen molar-refractivity contribution in [1.82, 2.24) is 24.4 Å². The number of halogens is 1.